The minimum atomic E-state index is -0.428. The van der Waals surface area contributed by atoms with Crippen LogP contribution >= 0.6 is 11.3 Å². The molecule has 1 heterocycles. The molecule has 1 N–H and O–H groups in total. The lowest BCUT2D eigenvalue weighted by molar-refractivity contribution is -0.141. The zero-order valence-corrected chi connectivity index (χ0v) is 12.8. The number of carbonyl (C=O) groups excluding carboxylic acids is 2. The average Bonchev–Trinajstić information content (AvgIpc) is 2.88. The first-order chi connectivity index (χ1) is 10.1. The molecule has 0 aliphatic rings. The highest BCUT2D eigenvalue weighted by Crippen LogP contribution is 2.32. The second kappa shape index (κ2) is 7.04. The number of amides is 1. The van der Waals surface area contributed by atoms with Gasteiger partial charge in [-0.15, -0.1) is 11.3 Å². The lowest BCUT2D eigenvalue weighted by Gasteiger charge is -2.03. The van der Waals surface area contributed by atoms with Crippen LogP contribution in [-0.4, -0.2) is 25.0 Å². The first-order valence-electron chi connectivity index (χ1n) is 6.71. The zero-order chi connectivity index (χ0) is 15.2. The molecular weight excluding hydrogens is 286 g/mol. The van der Waals surface area contributed by atoms with E-state index in [-0.39, 0.29) is 12.5 Å². The largest absolute Gasteiger partial charge is 0.465 e. The van der Waals surface area contributed by atoms with Gasteiger partial charge in [-0.3, -0.25) is 9.59 Å². The maximum atomic E-state index is 12.0. The molecule has 0 atom stereocenters. The van der Waals surface area contributed by atoms with Gasteiger partial charge >= 0.3 is 5.97 Å². The van der Waals surface area contributed by atoms with Crippen molar-refractivity contribution < 1.29 is 14.3 Å². The van der Waals surface area contributed by atoms with Crippen LogP contribution < -0.4 is 5.32 Å². The molecule has 0 saturated heterocycles. The molecule has 0 fully saturated rings. The molecule has 0 radical (unpaired) electrons. The number of hydrogen-bond acceptors (Lipinski definition) is 4. The fourth-order valence-electron chi connectivity index (χ4n) is 1.92. The summed E-state index contributed by atoms with van der Waals surface area (Å²) in [5.74, 6) is -0.680. The number of rotatable bonds is 5. The van der Waals surface area contributed by atoms with Crippen LogP contribution in [0.1, 0.15) is 22.2 Å². The molecule has 4 nitrogen and oxygen atoms in total. The molecule has 110 valence electrons. The summed E-state index contributed by atoms with van der Waals surface area (Å²) < 4.78 is 4.78. The van der Waals surface area contributed by atoms with Gasteiger partial charge in [0.05, 0.1) is 11.5 Å². The van der Waals surface area contributed by atoms with Crippen molar-refractivity contribution in [3.05, 3.63) is 46.8 Å². The Morgan fingerprint density at radius 3 is 2.62 bits per heavy atom. The third kappa shape index (κ3) is 3.92. The molecular formula is C16H17NO3S. The first-order valence-corrected chi connectivity index (χ1v) is 7.53. The predicted octanol–water partition coefficient (Wildman–Crippen LogP) is 3.02. The summed E-state index contributed by atoms with van der Waals surface area (Å²) >= 11 is 1.42. The molecule has 0 saturated carbocycles. The SMILES string of the molecule is CCOC(=O)CNC(=O)c1cc(C)c(-c2ccccc2)s1. The van der Waals surface area contributed by atoms with Crippen molar-refractivity contribution in [2.24, 2.45) is 0 Å². The molecule has 1 aromatic heterocycles. The Balaban J connectivity index is 2.08. The topological polar surface area (TPSA) is 55.4 Å². The van der Waals surface area contributed by atoms with Gasteiger partial charge in [0.1, 0.15) is 6.54 Å². The summed E-state index contributed by atoms with van der Waals surface area (Å²) in [6.07, 6.45) is 0. The molecule has 21 heavy (non-hydrogen) atoms. The first kappa shape index (κ1) is 15.3. The van der Waals surface area contributed by atoms with Crippen molar-refractivity contribution in [1.82, 2.24) is 5.32 Å². The fraction of sp³-hybridized carbons (Fsp3) is 0.250. The Kier molecular flexibility index (Phi) is 5.11. The van der Waals surface area contributed by atoms with Crippen molar-refractivity contribution in [3.63, 3.8) is 0 Å². The van der Waals surface area contributed by atoms with Crippen LogP contribution in [0.3, 0.4) is 0 Å². The van der Waals surface area contributed by atoms with Crippen LogP contribution in [0.2, 0.25) is 0 Å². The smallest absolute Gasteiger partial charge is 0.325 e. The summed E-state index contributed by atoms with van der Waals surface area (Å²) in [5, 5.41) is 2.57. The lowest BCUT2D eigenvalue weighted by Crippen LogP contribution is -2.30. The van der Waals surface area contributed by atoms with Gasteiger partial charge in [0, 0.05) is 4.88 Å². The van der Waals surface area contributed by atoms with E-state index in [0.717, 1.165) is 16.0 Å². The highest BCUT2D eigenvalue weighted by atomic mass is 32.1. The van der Waals surface area contributed by atoms with Gasteiger partial charge < -0.3 is 10.1 Å². The normalized spacial score (nSPS) is 10.2. The standard InChI is InChI=1S/C16H17NO3S/c1-3-20-14(18)10-17-16(19)13-9-11(2)15(21-13)12-7-5-4-6-8-12/h4-9H,3,10H2,1-2H3,(H,17,19). The Hall–Kier alpha value is -2.14. The number of benzene rings is 1. The highest BCUT2D eigenvalue weighted by Gasteiger charge is 2.14. The quantitative estimate of drug-likeness (QED) is 0.864. The maximum absolute atomic E-state index is 12.0. The van der Waals surface area contributed by atoms with E-state index < -0.39 is 5.97 Å². The van der Waals surface area contributed by atoms with Crippen LogP contribution in [0.5, 0.6) is 0 Å². The Morgan fingerprint density at radius 1 is 1.24 bits per heavy atom. The van der Waals surface area contributed by atoms with Crippen LogP contribution in [0.25, 0.3) is 10.4 Å². The molecule has 0 aliphatic carbocycles. The average molecular weight is 303 g/mol. The third-order valence-corrected chi connectivity index (χ3v) is 4.16. The van der Waals surface area contributed by atoms with E-state index in [1.54, 1.807) is 6.92 Å². The number of esters is 1. The molecule has 2 rings (SSSR count). The van der Waals surface area contributed by atoms with E-state index in [4.69, 9.17) is 4.74 Å². The van der Waals surface area contributed by atoms with E-state index in [1.807, 2.05) is 43.3 Å². The van der Waals surface area contributed by atoms with E-state index in [1.165, 1.54) is 11.3 Å². The van der Waals surface area contributed by atoms with Crippen molar-refractivity contribution >= 4 is 23.2 Å². The minimum absolute atomic E-state index is 0.107. The van der Waals surface area contributed by atoms with Gasteiger partial charge in [-0.05, 0) is 31.0 Å². The number of nitrogens with one attached hydrogen (secondary N) is 1. The fourth-order valence-corrected chi connectivity index (χ4v) is 3.02. The van der Waals surface area contributed by atoms with Crippen LogP contribution in [0, 0.1) is 6.92 Å². The zero-order valence-electron chi connectivity index (χ0n) is 12.0. The number of thiophene rings is 1. The molecule has 2 aromatic rings. The van der Waals surface area contributed by atoms with E-state index in [2.05, 4.69) is 5.32 Å². The van der Waals surface area contributed by atoms with Crippen LogP contribution in [0.15, 0.2) is 36.4 Å². The van der Waals surface area contributed by atoms with Crippen molar-refractivity contribution in [2.75, 3.05) is 13.2 Å². The molecule has 0 aliphatic heterocycles. The van der Waals surface area contributed by atoms with E-state index in [9.17, 15) is 9.59 Å². The second-order valence-electron chi connectivity index (χ2n) is 4.48. The summed E-state index contributed by atoms with van der Waals surface area (Å²) in [6.45, 7) is 3.91. The molecule has 1 amide bonds. The Bertz CT molecular complexity index is 634. The van der Waals surface area contributed by atoms with Gasteiger partial charge in [-0.1, -0.05) is 30.3 Å². The van der Waals surface area contributed by atoms with E-state index in [0.29, 0.717) is 11.5 Å². The highest BCUT2D eigenvalue weighted by molar-refractivity contribution is 7.17. The summed E-state index contributed by atoms with van der Waals surface area (Å²) in [7, 11) is 0. The maximum Gasteiger partial charge on any atom is 0.325 e. The monoisotopic (exact) mass is 303 g/mol. The summed E-state index contributed by atoms with van der Waals surface area (Å²) in [6, 6.07) is 11.8. The molecule has 0 spiro atoms. The summed E-state index contributed by atoms with van der Waals surface area (Å²) in [4.78, 5) is 24.9. The molecule has 0 bridgehead atoms. The van der Waals surface area contributed by atoms with Gasteiger partial charge in [-0.2, -0.15) is 0 Å². The third-order valence-electron chi connectivity index (χ3n) is 2.88. The number of carbonyl (C=O) groups is 2. The van der Waals surface area contributed by atoms with Crippen LogP contribution in [0.4, 0.5) is 0 Å². The molecule has 5 heteroatoms. The molecule has 0 unspecified atom stereocenters. The van der Waals surface area contributed by atoms with Gasteiger partial charge in [0.15, 0.2) is 0 Å². The van der Waals surface area contributed by atoms with Gasteiger partial charge in [-0.25, -0.2) is 0 Å². The minimum Gasteiger partial charge on any atom is -0.465 e. The van der Waals surface area contributed by atoms with Gasteiger partial charge in [0.25, 0.3) is 5.91 Å². The lowest BCUT2D eigenvalue weighted by atomic mass is 10.1. The number of aryl methyl sites for hydroxylation is 1. The molecule has 1 aromatic carbocycles. The number of hydrogen-bond donors (Lipinski definition) is 1. The summed E-state index contributed by atoms with van der Waals surface area (Å²) in [5.41, 5.74) is 2.14. The number of ether oxygens (including phenoxy) is 1. The van der Waals surface area contributed by atoms with E-state index >= 15 is 0 Å². The van der Waals surface area contributed by atoms with Crippen LogP contribution in [-0.2, 0) is 9.53 Å². The Morgan fingerprint density at radius 2 is 1.95 bits per heavy atom. The van der Waals surface area contributed by atoms with Crippen molar-refractivity contribution in [3.8, 4) is 10.4 Å². The van der Waals surface area contributed by atoms with Crippen molar-refractivity contribution in [1.29, 1.82) is 0 Å². The van der Waals surface area contributed by atoms with Gasteiger partial charge in [0.2, 0.25) is 0 Å². The second-order valence-corrected chi connectivity index (χ2v) is 5.53. The Labute approximate surface area is 127 Å². The predicted molar refractivity (Wildman–Crippen MR) is 83.5 cm³/mol. The van der Waals surface area contributed by atoms with Crippen molar-refractivity contribution in [2.45, 2.75) is 13.8 Å².